The van der Waals surface area contributed by atoms with Crippen molar-refractivity contribution in [1.29, 1.82) is 0 Å². The van der Waals surface area contributed by atoms with Crippen molar-refractivity contribution < 1.29 is 5.11 Å². The van der Waals surface area contributed by atoms with Crippen LogP contribution in [-0.4, -0.2) is 16.2 Å². The summed E-state index contributed by atoms with van der Waals surface area (Å²) in [5.74, 6) is 0. The van der Waals surface area contributed by atoms with E-state index in [2.05, 4.69) is 0 Å². The molecular formula is C13H16Cl2N2O. The summed E-state index contributed by atoms with van der Waals surface area (Å²) in [7, 11) is 0. The van der Waals surface area contributed by atoms with Crippen molar-refractivity contribution in [3.8, 4) is 0 Å². The molecule has 0 bridgehead atoms. The Hall–Kier alpha value is -0.740. The lowest BCUT2D eigenvalue weighted by atomic mass is 10.1. The van der Waals surface area contributed by atoms with E-state index in [1.165, 1.54) is 0 Å². The number of aromatic nitrogens is 1. The maximum atomic E-state index is 9.81. The molecule has 0 aliphatic rings. The van der Waals surface area contributed by atoms with Crippen LogP contribution in [0.5, 0.6) is 0 Å². The van der Waals surface area contributed by atoms with Crippen molar-refractivity contribution in [2.24, 2.45) is 5.73 Å². The average Bonchev–Trinajstić information content (AvgIpc) is 2.71. The van der Waals surface area contributed by atoms with Crippen molar-refractivity contribution >= 4 is 34.1 Å². The summed E-state index contributed by atoms with van der Waals surface area (Å²) in [6.07, 6.45) is 2.24. The van der Waals surface area contributed by atoms with E-state index >= 15 is 0 Å². The lowest BCUT2D eigenvalue weighted by Gasteiger charge is -2.06. The molecule has 1 unspecified atom stereocenters. The molecule has 5 heteroatoms. The number of halogens is 2. The molecule has 0 radical (unpaired) electrons. The van der Waals surface area contributed by atoms with Gasteiger partial charge in [0.25, 0.3) is 0 Å². The van der Waals surface area contributed by atoms with Gasteiger partial charge in [-0.3, -0.25) is 0 Å². The molecule has 3 nitrogen and oxygen atoms in total. The maximum absolute atomic E-state index is 9.81. The number of rotatable bonds is 4. The molecule has 3 N–H and O–H groups in total. The summed E-state index contributed by atoms with van der Waals surface area (Å²) in [5, 5.41) is 11.8. The molecule has 0 saturated heterocycles. The molecule has 1 aromatic heterocycles. The highest BCUT2D eigenvalue weighted by molar-refractivity contribution is 6.45. The van der Waals surface area contributed by atoms with Crippen LogP contribution in [-0.2, 0) is 6.54 Å². The fraction of sp³-hybridized carbons (Fsp3) is 0.385. The zero-order valence-corrected chi connectivity index (χ0v) is 11.7. The predicted molar refractivity (Wildman–Crippen MR) is 76.3 cm³/mol. The number of aliphatic hydroxyl groups is 1. The number of aryl methyl sites for hydroxylation is 1. The molecule has 98 valence electrons. The van der Waals surface area contributed by atoms with Crippen LogP contribution in [0.3, 0.4) is 0 Å². The van der Waals surface area contributed by atoms with Gasteiger partial charge in [-0.15, -0.1) is 0 Å². The van der Waals surface area contributed by atoms with Crippen LogP contribution in [0.2, 0.25) is 10.0 Å². The zero-order chi connectivity index (χ0) is 13.3. The lowest BCUT2D eigenvalue weighted by Crippen LogP contribution is -2.05. The first-order valence-electron chi connectivity index (χ1n) is 5.91. The Morgan fingerprint density at radius 2 is 2.11 bits per heavy atom. The van der Waals surface area contributed by atoms with E-state index in [4.69, 9.17) is 28.9 Å². The maximum Gasteiger partial charge on any atom is 0.0835 e. The molecule has 0 spiro atoms. The minimum Gasteiger partial charge on any atom is -0.389 e. The SMILES string of the molecule is CC(O)c1cn(CCCN)c2c(Cl)c(Cl)ccc12. The number of nitrogens with two attached hydrogens (primary N) is 1. The van der Waals surface area contributed by atoms with Gasteiger partial charge in [0.2, 0.25) is 0 Å². The molecule has 18 heavy (non-hydrogen) atoms. The summed E-state index contributed by atoms with van der Waals surface area (Å²) in [4.78, 5) is 0. The van der Waals surface area contributed by atoms with Gasteiger partial charge in [0.1, 0.15) is 0 Å². The topological polar surface area (TPSA) is 51.2 Å². The summed E-state index contributed by atoms with van der Waals surface area (Å²) in [6, 6.07) is 3.65. The third-order valence-electron chi connectivity index (χ3n) is 3.02. The van der Waals surface area contributed by atoms with E-state index in [9.17, 15) is 5.11 Å². The normalized spacial score (nSPS) is 13.2. The quantitative estimate of drug-likeness (QED) is 0.906. The van der Waals surface area contributed by atoms with Crippen molar-refractivity contribution in [2.45, 2.75) is 26.0 Å². The lowest BCUT2D eigenvalue weighted by molar-refractivity contribution is 0.200. The average molecular weight is 287 g/mol. The van der Waals surface area contributed by atoms with Crippen molar-refractivity contribution in [1.82, 2.24) is 4.57 Å². The fourth-order valence-electron chi connectivity index (χ4n) is 2.13. The Balaban J connectivity index is 2.65. The minimum absolute atomic E-state index is 0.522. The van der Waals surface area contributed by atoms with Crippen molar-refractivity contribution in [3.63, 3.8) is 0 Å². The zero-order valence-electron chi connectivity index (χ0n) is 10.2. The fourth-order valence-corrected chi connectivity index (χ4v) is 2.55. The number of nitrogens with zero attached hydrogens (tertiary/aromatic N) is 1. The Bertz CT molecular complexity index is 564. The molecule has 1 aromatic carbocycles. The predicted octanol–water partition coefficient (Wildman–Crippen LogP) is 3.35. The van der Waals surface area contributed by atoms with E-state index in [0.29, 0.717) is 16.6 Å². The van der Waals surface area contributed by atoms with Gasteiger partial charge >= 0.3 is 0 Å². The van der Waals surface area contributed by atoms with Crippen LogP contribution in [0.4, 0.5) is 0 Å². The Morgan fingerprint density at radius 3 is 2.72 bits per heavy atom. The van der Waals surface area contributed by atoms with Crippen molar-refractivity contribution in [3.05, 3.63) is 33.9 Å². The highest BCUT2D eigenvalue weighted by Crippen LogP contribution is 2.35. The van der Waals surface area contributed by atoms with Crippen LogP contribution in [0.15, 0.2) is 18.3 Å². The first kappa shape index (κ1) is 13.7. The molecular weight excluding hydrogens is 271 g/mol. The third-order valence-corrected chi connectivity index (χ3v) is 3.81. The number of hydrogen-bond donors (Lipinski definition) is 2. The second kappa shape index (κ2) is 5.49. The van der Waals surface area contributed by atoms with Gasteiger partial charge < -0.3 is 15.4 Å². The summed E-state index contributed by atoms with van der Waals surface area (Å²) in [5.41, 5.74) is 7.26. The molecule has 0 saturated carbocycles. The van der Waals surface area contributed by atoms with Gasteiger partial charge in [0.05, 0.1) is 21.7 Å². The van der Waals surface area contributed by atoms with E-state index in [1.807, 2.05) is 16.8 Å². The molecule has 0 amide bonds. The van der Waals surface area contributed by atoms with E-state index in [-0.39, 0.29) is 0 Å². The number of aliphatic hydroxyl groups excluding tert-OH is 1. The van der Waals surface area contributed by atoms with Crippen LogP contribution < -0.4 is 5.73 Å². The molecule has 2 rings (SSSR count). The molecule has 1 heterocycles. The second-order valence-electron chi connectivity index (χ2n) is 4.35. The molecule has 0 aliphatic carbocycles. The number of fused-ring (bicyclic) bond motifs is 1. The Kier molecular flexibility index (Phi) is 4.17. The van der Waals surface area contributed by atoms with E-state index in [1.54, 1.807) is 13.0 Å². The summed E-state index contributed by atoms with van der Waals surface area (Å²) >= 11 is 12.3. The van der Waals surface area contributed by atoms with Gasteiger partial charge in [-0.25, -0.2) is 0 Å². The largest absolute Gasteiger partial charge is 0.389 e. The van der Waals surface area contributed by atoms with Gasteiger partial charge in [-0.05, 0) is 26.0 Å². The standard InChI is InChI=1S/C13H16Cl2N2O/c1-8(18)10-7-17(6-2-5-16)13-9(10)3-4-11(14)12(13)15/h3-4,7-8,18H,2,5-6,16H2,1H3. The molecule has 0 aliphatic heterocycles. The number of benzene rings is 1. The third kappa shape index (κ3) is 2.36. The summed E-state index contributed by atoms with van der Waals surface area (Å²) < 4.78 is 2.01. The van der Waals surface area contributed by atoms with Crippen molar-refractivity contribution in [2.75, 3.05) is 6.54 Å². The highest BCUT2D eigenvalue weighted by atomic mass is 35.5. The van der Waals surface area contributed by atoms with Gasteiger partial charge in [-0.2, -0.15) is 0 Å². The van der Waals surface area contributed by atoms with Crippen LogP contribution >= 0.6 is 23.2 Å². The number of hydrogen-bond acceptors (Lipinski definition) is 2. The van der Waals surface area contributed by atoms with E-state index in [0.717, 1.165) is 29.4 Å². The van der Waals surface area contributed by atoms with E-state index < -0.39 is 6.10 Å². The molecule has 0 fully saturated rings. The van der Waals surface area contributed by atoms with Gasteiger partial charge in [0.15, 0.2) is 0 Å². The summed E-state index contributed by atoms with van der Waals surface area (Å²) in [6.45, 7) is 3.12. The second-order valence-corrected chi connectivity index (χ2v) is 5.14. The van der Waals surface area contributed by atoms with Crippen LogP contribution in [0.25, 0.3) is 10.9 Å². The van der Waals surface area contributed by atoms with Crippen LogP contribution in [0.1, 0.15) is 25.0 Å². The molecule has 1 atom stereocenters. The monoisotopic (exact) mass is 286 g/mol. The minimum atomic E-state index is -0.538. The smallest absolute Gasteiger partial charge is 0.0835 e. The van der Waals surface area contributed by atoms with Gasteiger partial charge in [-0.1, -0.05) is 29.3 Å². The van der Waals surface area contributed by atoms with Gasteiger partial charge in [0, 0.05) is 23.7 Å². The Labute approximate surface area is 116 Å². The highest BCUT2D eigenvalue weighted by Gasteiger charge is 2.16. The first-order valence-corrected chi connectivity index (χ1v) is 6.66. The Morgan fingerprint density at radius 1 is 1.39 bits per heavy atom. The van der Waals surface area contributed by atoms with Crippen LogP contribution in [0, 0.1) is 0 Å². The molecule has 2 aromatic rings. The first-order chi connectivity index (χ1) is 8.56.